The third kappa shape index (κ3) is 6.86. The van der Waals surface area contributed by atoms with Gasteiger partial charge in [-0.2, -0.15) is 0 Å². The van der Waals surface area contributed by atoms with E-state index in [2.05, 4.69) is 13.8 Å². The molecule has 55 heavy (non-hydrogen) atoms. The summed E-state index contributed by atoms with van der Waals surface area (Å²) in [4.78, 5) is 11.9. The second kappa shape index (κ2) is 14.8. The highest BCUT2D eigenvalue weighted by molar-refractivity contribution is 5.85. The molecular weight excluding hydrogens is 712 g/mol. The Morgan fingerprint density at radius 2 is 1.35 bits per heavy atom. The molecule has 0 unspecified atom stereocenters. The molecule has 2 saturated heterocycles. The van der Waals surface area contributed by atoms with Gasteiger partial charge in [0.05, 0.1) is 60.0 Å². The topological polar surface area (TPSA) is 194 Å². The summed E-state index contributed by atoms with van der Waals surface area (Å²) in [5.74, 6) is 0.106. The van der Waals surface area contributed by atoms with Gasteiger partial charge in [-0.3, -0.25) is 0 Å². The summed E-state index contributed by atoms with van der Waals surface area (Å²) in [6.45, 7) is 10.3. The molecule has 0 amide bonds. The quantitative estimate of drug-likeness (QED) is 0.207. The van der Waals surface area contributed by atoms with E-state index in [-0.39, 0.29) is 65.5 Å². The van der Waals surface area contributed by atoms with Gasteiger partial charge in [0.1, 0.15) is 18.8 Å². The van der Waals surface area contributed by atoms with Crippen LogP contribution in [0.3, 0.4) is 0 Å². The molecule has 7 fully saturated rings. The molecule has 8 rings (SSSR count). The molecule has 6 N–H and O–H groups in total. The van der Waals surface area contributed by atoms with Crippen molar-refractivity contribution in [2.24, 2.45) is 34.5 Å². The number of hydrogen-bond donors (Lipinski definition) is 6. The molecule has 0 spiro atoms. The fourth-order valence-electron chi connectivity index (χ4n) is 13.3. The van der Waals surface area contributed by atoms with Crippen LogP contribution < -0.4 is 0 Å². The summed E-state index contributed by atoms with van der Waals surface area (Å²) in [6.07, 6.45) is 1.94. The van der Waals surface area contributed by atoms with Gasteiger partial charge < -0.3 is 59.1 Å². The lowest BCUT2D eigenvalue weighted by Crippen LogP contribution is -2.67. The number of esters is 1. The van der Waals surface area contributed by atoms with E-state index in [1.165, 1.54) is 0 Å². The van der Waals surface area contributed by atoms with Crippen molar-refractivity contribution in [1.82, 2.24) is 0 Å². The third-order valence-corrected chi connectivity index (χ3v) is 16.5. The first kappa shape index (κ1) is 40.5. The summed E-state index contributed by atoms with van der Waals surface area (Å²) < 4.78 is 36.2. The Morgan fingerprint density at radius 3 is 2.02 bits per heavy atom. The van der Waals surface area contributed by atoms with Gasteiger partial charge in [-0.05, 0) is 106 Å². The highest BCUT2D eigenvalue weighted by Crippen LogP contribution is 2.70. The Kier molecular flexibility index (Phi) is 10.9. The van der Waals surface area contributed by atoms with Crippen molar-refractivity contribution in [2.75, 3.05) is 6.61 Å². The van der Waals surface area contributed by atoms with Crippen LogP contribution in [0.5, 0.6) is 0 Å². The van der Waals surface area contributed by atoms with Crippen LogP contribution in [0.1, 0.15) is 118 Å². The number of aliphatic hydroxyl groups excluding tert-OH is 4. The molecule has 13 heteroatoms. The van der Waals surface area contributed by atoms with E-state index in [0.29, 0.717) is 38.7 Å². The van der Waals surface area contributed by atoms with E-state index in [4.69, 9.17) is 28.4 Å². The highest BCUT2D eigenvalue weighted by Gasteiger charge is 2.70. The normalized spacial score (nSPS) is 55.5. The second-order valence-corrected chi connectivity index (χ2v) is 19.5. The summed E-state index contributed by atoms with van der Waals surface area (Å²) in [6, 6.07) is 0. The first-order valence-corrected chi connectivity index (χ1v) is 21.3. The van der Waals surface area contributed by atoms with Crippen LogP contribution in [0.2, 0.25) is 0 Å². The van der Waals surface area contributed by atoms with Crippen molar-refractivity contribution in [3.63, 3.8) is 0 Å². The maximum absolute atomic E-state index is 12.6. The Bertz CT molecular complexity index is 1420. The zero-order chi connectivity index (χ0) is 39.2. The van der Waals surface area contributed by atoms with Crippen LogP contribution in [0, 0.1) is 34.5 Å². The summed E-state index contributed by atoms with van der Waals surface area (Å²) in [7, 11) is 0. The number of ether oxygens (including phenoxy) is 6. The lowest BCUT2D eigenvalue weighted by Gasteiger charge is -2.66. The molecule has 5 aliphatic carbocycles. The maximum Gasteiger partial charge on any atom is 0.331 e. The summed E-state index contributed by atoms with van der Waals surface area (Å²) in [5.41, 5.74) is -1.38. The SMILES string of the molecule is C[C@H]1C[C@@H](O[C@H]2CC[C@]3(C)[C@H]4CC[C@]5(C)[C@@H](C6=CC(=O)OC6)CC[C@]5(O)[C@@H]4CC[C@]3(O)C2)C[C@H](O)[C@@H]1O[C@H]1C[C@H](O)[C@H](O[C@H]2C[C@H](O)[C@H](O)[C@@H](C)O2)[C@@H](C)O1. The van der Waals surface area contributed by atoms with Crippen LogP contribution >= 0.6 is 0 Å². The largest absolute Gasteiger partial charge is 0.458 e. The van der Waals surface area contributed by atoms with E-state index in [9.17, 15) is 35.4 Å². The smallest absolute Gasteiger partial charge is 0.331 e. The number of carbonyl (C=O) groups excluding carboxylic acids is 1. The van der Waals surface area contributed by atoms with E-state index in [1.807, 2.05) is 6.92 Å². The Morgan fingerprint density at radius 1 is 0.691 bits per heavy atom. The fraction of sp³-hybridized carbons (Fsp3) is 0.929. The molecule has 0 aromatic carbocycles. The van der Waals surface area contributed by atoms with Crippen molar-refractivity contribution < 1.29 is 63.9 Å². The van der Waals surface area contributed by atoms with Crippen LogP contribution in [0.15, 0.2) is 11.6 Å². The first-order chi connectivity index (χ1) is 25.9. The Balaban J connectivity index is 0.843. The predicted octanol–water partition coefficient (Wildman–Crippen LogP) is 3.03. The first-order valence-electron chi connectivity index (χ1n) is 21.3. The summed E-state index contributed by atoms with van der Waals surface area (Å²) in [5, 5.41) is 67.6. The molecule has 0 radical (unpaired) electrons. The molecule has 3 aliphatic heterocycles. The van der Waals surface area contributed by atoms with Gasteiger partial charge in [-0.1, -0.05) is 20.8 Å². The average Bonchev–Trinajstić information content (AvgIpc) is 3.66. The van der Waals surface area contributed by atoms with Crippen LogP contribution in [-0.4, -0.2) is 128 Å². The molecule has 13 nitrogen and oxygen atoms in total. The van der Waals surface area contributed by atoms with Gasteiger partial charge in [-0.15, -0.1) is 0 Å². The van der Waals surface area contributed by atoms with Gasteiger partial charge in [0, 0.05) is 37.2 Å². The molecule has 3 heterocycles. The van der Waals surface area contributed by atoms with Crippen molar-refractivity contribution in [1.29, 1.82) is 0 Å². The van der Waals surface area contributed by atoms with Gasteiger partial charge in [0.15, 0.2) is 12.6 Å². The van der Waals surface area contributed by atoms with Crippen LogP contribution in [-0.2, 0) is 33.2 Å². The molecule has 5 saturated carbocycles. The van der Waals surface area contributed by atoms with E-state index >= 15 is 0 Å². The lowest BCUT2D eigenvalue weighted by molar-refractivity contribution is -0.322. The van der Waals surface area contributed by atoms with Crippen LogP contribution in [0.4, 0.5) is 0 Å². The van der Waals surface area contributed by atoms with Crippen molar-refractivity contribution in [3.05, 3.63) is 11.6 Å². The third-order valence-electron chi connectivity index (χ3n) is 16.5. The van der Waals surface area contributed by atoms with Gasteiger partial charge in [-0.25, -0.2) is 4.79 Å². The lowest BCUT2D eigenvalue weighted by atomic mass is 9.42. The van der Waals surface area contributed by atoms with Crippen molar-refractivity contribution in [2.45, 2.75) is 203 Å². The molecule has 312 valence electrons. The monoisotopic (exact) mass is 778 g/mol. The molecule has 0 aromatic heterocycles. The molecule has 8 aliphatic rings. The fourth-order valence-corrected chi connectivity index (χ4v) is 13.3. The Hall–Kier alpha value is -1.23. The molecule has 20 atom stereocenters. The van der Waals surface area contributed by atoms with Crippen molar-refractivity contribution in [3.8, 4) is 0 Å². The zero-order valence-corrected chi connectivity index (χ0v) is 33.3. The second-order valence-electron chi connectivity index (χ2n) is 19.5. The number of aliphatic hydroxyl groups is 6. The minimum Gasteiger partial charge on any atom is -0.458 e. The standard InChI is InChI=1S/C42H66O13/c1-21-14-26(16-31(44)37(21)54-35-18-32(45)38(23(3)52-35)55-34-17-30(43)36(47)22(2)51-34)53-25-6-10-39(4)28-7-11-40(5)27(24-15-33(46)50-20-24)9-13-42(40,49)29(28)8-12-41(39,48)19-25/h15,21-23,25-32,34-38,43-45,47-49H,6-14,16-20H2,1-5H3/t21-,22+,23+,25-,26+,27+,28-,29+,30-,31-,32-,34-,35-,36+,37+,38+,39+,40+,41-,42-/m0/s1. The van der Waals surface area contributed by atoms with Gasteiger partial charge >= 0.3 is 5.97 Å². The number of cyclic esters (lactones) is 1. The zero-order valence-electron chi connectivity index (χ0n) is 33.3. The van der Waals surface area contributed by atoms with Crippen molar-refractivity contribution >= 4 is 5.97 Å². The average molecular weight is 779 g/mol. The molecule has 0 aromatic rings. The summed E-state index contributed by atoms with van der Waals surface area (Å²) >= 11 is 0. The van der Waals surface area contributed by atoms with E-state index in [0.717, 1.165) is 44.1 Å². The minimum atomic E-state index is -0.997. The van der Waals surface area contributed by atoms with Crippen LogP contribution in [0.25, 0.3) is 0 Å². The maximum atomic E-state index is 12.6. The minimum absolute atomic E-state index is 0.0478. The molecule has 0 bridgehead atoms. The number of fused-ring (bicyclic) bond motifs is 5. The Labute approximate surface area is 325 Å². The number of carbonyl (C=O) groups is 1. The number of rotatable bonds is 7. The van der Waals surface area contributed by atoms with Gasteiger partial charge in [0.25, 0.3) is 0 Å². The van der Waals surface area contributed by atoms with E-state index < -0.39 is 72.6 Å². The molecular formula is C42H66O13. The van der Waals surface area contributed by atoms with E-state index in [1.54, 1.807) is 19.9 Å². The highest BCUT2D eigenvalue weighted by atomic mass is 16.7. The number of hydrogen-bond acceptors (Lipinski definition) is 13. The van der Waals surface area contributed by atoms with Gasteiger partial charge in [0.2, 0.25) is 0 Å². The predicted molar refractivity (Wildman–Crippen MR) is 196 cm³/mol.